The number of phenolic OH excluding ortho intramolecular Hbond substituents is 1. The van der Waals surface area contributed by atoms with E-state index in [1.54, 1.807) is 0 Å². The molecule has 5 heteroatoms. The van der Waals surface area contributed by atoms with E-state index in [-0.39, 0.29) is 16.7 Å². The first-order valence-electron chi connectivity index (χ1n) is 3.77. The number of hydrogen-bond acceptors (Lipinski definition) is 4. The Morgan fingerprint density at radius 1 is 1.29 bits per heavy atom. The van der Waals surface area contributed by atoms with Gasteiger partial charge in [0.05, 0.1) is 5.39 Å². The third kappa shape index (κ3) is 1.06. The van der Waals surface area contributed by atoms with Crippen molar-refractivity contribution in [2.24, 2.45) is 0 Å². The number of furan rings is 1. The molecule has 0 amide bonds. The molecule has 2 rings (SSSR count). The summed E-state index contributed by atoms with van der Waals surface area (Å²) in [6.07, 6.45) is 0. The average Bonchev–Trinajstić information content (AvgIpc) is 2.44. The van der Waals surface area contributed by atoms with Crippen LogP contribution in [-0.2, 0) is 0 Å². The van der Waals surface area contributed by atoms with Gasteiger partial charge in [-0.25, -0.2) is 4.79 Å². The molecule has 0 aliphatic heterocycles. The van der Waals surface area contributed by atoms with Crippen LogP contribution in [0.5, 0.6) is 11.5 Å². The molecule has 0 saturated carbocycles. The van der Waals surface area contributed by atoms with Crippen LogP contribution in [0.25, 0.3) is 11.0 Å². The Hall–Kier alpha value is -2.17. The van der Waals surface area contributed by atoms with Gasteiger partial charge in [-0.15, -0.1) is 0 Å². The van der Waals surface area contributed by atoms with Gasteiger partial charge in [-0.1, -0.05) is 0 Å². The molecule has 14 heavy (non-hydrogen) atoms. The van der Waals surface area contributed by atoms with Crippen molar-refractivity contribution in [3.63, 3.8) is 0 Å². The van der Waals surface area contributed by atoms with Gasteiger partial charge >= 0.3 is 5.97 Å². The molecule has 1 aromatic heterocycles. The second-order valence-electron chi connectivity index (χ2n) is 2.77. The standard InChI is InChI=1S/C9H6O5/c10-4-1-2-6-5(3-4)7(11)8(14-6)9(12)13/h1-3,10-11H,(H,12,13). The molecule has 1 heterocycles. The highest BCUT2D eigenvalue weighted by atomic mass is 16.4. The number of aromatic hydroxyl groups is 2. The van der Waals surface area contributed by atoms with Crippen LogP contribution < -0.4 is 0 Å². The lowest BCUT2D eigenvalue weighted by Crippen LogP contribution is -1.92. The fraction of sp³-hybridized carbons (Fsp3) is 0. The van der Waals surface area contributed by atoms with Crippen molar-refractivity contribution >= 4 is 16.9 Å². The van der Waals surface area contributed by atoms with E-state index in [0.717, 1.165) is 0 Å². The summed E-state index contributed by atoms with van der Waals surface area (Å²) in [4.78, 5) is 10.6. The molecule has 0 unspecified atom stereocenters. The Kier molecular flexibility index (Phi) is 1.60. The molecule has 2 aromatic rings. The Morgan fingerprint density at radius 2 is 2.00 bits per heavy atom. The van der Waals surface area contributed by atoms with Gasteiger partial charge in [0.1, 0.15) is 11.3 Å². The van der Waals surface area contributed by atoms with Gasteiger partial charge in [-0.05, 0) is 18.2 Å². The Bertz CT molecular complexity index is 511. The highest BCUT2D eigenvalue weighted by Gasteiger charge is 2.19. The van der Waals surface area contributed by atoms with Crippen molar-refractivity contribution in [3.8, 4) is 11.5 Å². The van der Waals surface area contributed by atoms with Crippen LogP contribution in [0.2, 0.25) is 0 Å². The molecule has 0 saturated heterocycles. The third-order valence-corrected chi connectivity index (χ3v) is 1.84. The van der Waals surface area contributed by atoms with Crippen molar-refractivity contribution in [2.45, 2.75) is 0 Å². The molecule has 0 aliphatic rings. The van der Waals surface area contributed by atoms with Crippen LogP contribution in [0.4, 0.5) is 0 Å². The molecule has 0 spiro atoms. The zero-order valence-electron chi connectivity index (χ0n) is 6.89. The van der Waals surface area contributed by atoms with Crippen LogP contribution in [0.15, 0.2) is 22.6 Å². The minimum atomic E-state index is -1.35. The summed E-state index contributed by atoms with van der Waals surface area (Å²) < 4.78 is 4.85. The number of rotatable bonds is 1. The second-order valence-corrected chi connectivity index (χ2v) is 2.77. The summed E-state index contributed by atoms with van der Waals surface area (Å²) >= 11 is 0. The molecule has 0 atom stereocenters. The lowest BCUT2D eigenvalue weighted by molar-refractivity contribution is 0.0660. The van der Waals surface area contributed by atoms with Gasteiger partial charge in [-0.3, -0.25) is 0 Å². The number of carboxylic acids is 1. The smallest absolute Gasteiger partial charge is 0.375 e. The number of hydrogen-bond donors (Lipinski definition) is 3. The monoisotopic (exact) mass is 194 g/mol. The molecular weight excluding hydrogens is 188 g/mol. The number of carbonyl (C=O) groups is 1. The van der Waals surface area contributed by atoms with E-state index in [1.807, 2.05) is 0 Å². The fourth-order valence-electron chi connectivity index (χ4n) is 1.22. The van der Waals surface area contributed by atoms with Crippen LogP contribution in [0.1, 0.15) is 10.6 Å². The Morgan fingerprint density at radius 3 is 2.64 bits per heavy atom. The highest BCUT2D eigenvalue weighted by molar-refractivity contribution is 5.97. The fourth-order valence-corrected chi connectivity index (χ4v) is 1.22. The molecule has 1 aromatic carbocycles. The van der Waals surface area contributed by atoms with Gasteiger partial charge in [0, 0.05) is 0 Å². The predicted octanol–water partition coefficient (Wildman–Crippen LogP) is 1.54. The number of aromatic carboxylic acids is 1. The normalized spacial score (nSPS) is 10.6. The summed E-state index contributed by atoms with van der Waals surface area (Å²) in [7, 11) is 0. The van der Waals surface area contributed by atoms with Crippen LogP contribution >= 0.6 is 0 Å². The Labute approximate surface area is 77.8 Å². The van der Waals surface area contributed by atoms with Crippen LogP contribution in [0, 0.1) is 0 Å². The van der Waals surface area contributed by atoms with Crippen molar-refractivity contribution in [1.82, 2.24) is 0 Å². The van der Waals surface area contributed by atoms with E-state index in [9.17, 15) is 9.90 Å². The van der Waals surface area contributed by atoms with Gasteiger partial charge in [0.15, 0.2) is 5.75 Å². The summed E-state index contributed by atoms with van der Waals surface area (Å²) in [6.45, 7) is 0. The predicted molar refractivity (Wildman–Crippen MR) is 46.5 cm³/mol. The number of phenols is 1. The Balaban J connectivity index is 2.80. The molecule has 0 aliphatic carbocycles. The van der Waals surface area contributed by atoms with Crippen molar-refractivity contribution in [2.75, 3.05) is 0 Å². The lowest BCUT2D eigenvalue weighted by atomic mass is 10.2. The van der Waals surface area contributed by atoms with E-state index >= 15 is 0 Å². The summed E-state index contributed by atoms with van der Waals surface area (Å²) in [5.74, 6) is -2.40. The van der Waals surface area contributed by atoms with Crippen LogP contribution in [-0.4, -0.2) is 21.3 Å². The van der Waals surface area contributed by atoms with E-state index in [4.69, 9.17) is 14.6 Å². The number of fused-ring (bicyclic) bond motifs is 1. The lowest BCUT2D eigenvalue weighted by Gasteiger charge is -1.90. The quantitative estimate of drug-likeness (QED) is 0.640. The van der Waals surface area contributed by atoms with E-state index in [1.165, 1.54) is 18.2 Å². The van der Waals surface area contributed by atoms with Crippen molar-refractivity contribution in [3.05, 3.63) is 24.0 Å². The minimum Gasteiger partial charge on any atom is -0.508 e. The largest absolute Gasteiger partial charge is 0.508 e. The maximum Gasteiger partial charge on any atom is 0.375 e. The van der Waals surface area contributed by atoms with E-state index < -0.39 is 17.5 Å². The maximum atomic E-state index is 10.6. The number of benzene rings is 1. The molecular formula is C9H6O5. The van der Waals surface area contributed by atoms with Gasteiger partial charge in [-0.2, -0.15) is 0 Å². The molecule has 0 bridgehead atoms. The van der Waals surface area contributed by atoms with Crippen molar-refractivity contribution < 1.29 is 24.5 Å². The first kappa shape index (κ1) is 8.43. The summed E-state index contributed by atoms with van der Waals surface area (Å²) in [6, 6.07) is 3.97. The summed E-state index contributed by atoms with van der Waals surface area (Å²) in [5, 5.41) is 27.3. The van der Waals surface area contributed by atoms with Crippen LogP contribution in [0.3, 0.4) is 0 Å². The second kappa shape index (κ2) is 2.66. The van der Waals surface area contributed by atoms with Gasteiger partial charge in [0.25, 0.3) is 5.76 Å². The molecule has 0 fully saturated rings. The summed E-state index contributed by atoms with van der Waals surface area (Å²) in [5.41, 5.74) is 0.220. The van der Waals surface area contributed by atoms with Gasteiger partial charge in [0.2, 0.25) is 0 Å². The van der Waals surface area contributed by atoms with Crippen molar-refractivity contribution in [1.29, 1.82) is 0 Å². The zero-order chi connectivity index (χ0) is 10.3. The third-order valence-electron chi connectivity index (χ3n) is 1.84. The SMILES string of the molecule is O=C(O)c1oc2ccc(O)cc2c1O. The first-order chi connectivity index (χ1) is 6.59. The van der Waals surface area contributed by atoms with E-state index in [0.29, 0.717) is 0 Å². The average molecular weight is 194 g/mol. The van der Waals surface area contributed by atoms with E-state index in [2.05, 4.69) is 0 Å². The maximum absolute atomic E-state index is 10.6. The molecule has 5 nitrogen and oxygen atoms in total. The minimum absolute atomic E-state index is 0.0643. The topological polar surface area (TPSA) is 90.9 Å². The molecule has 0 radical (unpaired) electrons. The zero-order valence-corrected chi connectivity index (χ0v) is 6.89. The molecule has 3 N–H and O–H groups in total. The number of carboxylic acid groups (broad SMARTS) is 1. The first-order valence-corrected chi connectivity index (χ1v) is 3.77. The molecule has 72 valence electrons. The highest BCUT2D eigenvalue weighted by Crippen LogP contribution is 2.33. The van der Waals surface area contributed by atoms with Gasteiger partial charge < -0.3 is 19.7 Å².